The van der Waals surface area contributed by atoms with Crippen LogP contribution in [0.15, 0.2) is 12.2 Å². The summed E-state index contributed by atoms with van der Waals surface area (Å²) >= 11 is 0. The highest BCUT2D eigenvalue weighted by Crippen LogP contribution is 2.35. The number of allylic oxidation sites excluding steroid dienone is 1. The molecule has 4 heteroatoms. The Labute approximate surface area is 96.2 Å². The van der Waals surface area contributed by atoms with Crippen molar-refractivity contribution in [2.24, 2.45) is 5.92 Å². The molecule has 0 aliphatic carbocycles. The lowest BCUT2D eigenvalue weighted by molar-refractivity contribution is -0.160. The van der Waals surface area contributed by atoms with Crippen LogP contribution in [0.2, 0.25) is 0 Å². The largest absolute Gasteiger partial charge is 0.469 e. The van der Waals surface area contributed by atoms with Crippen molar-refractivity contribution in [1.29, 1.82) is 0 Å². The van der Waals surface area contributed by atoms with Crippen molar-refractivity contribution in [3.8, 4) is 0 Å². The second kappa shape index (κ2) is 4.97. The summed E-state index contributed by atoms with van der Waals surface area (Å²) in [5, 5.41) is 1.97. The summed E-state index contributed by atoms with van der Waals surface area (Å²) in [4.78, 5) is 17.6. The molecule has 2 aliphatic rings. The van der Waals surface area contributed by atoms with E-state index in [0.29, 0.717) is 0 Å². The van der Waals surface area contributed by atoms with Crippen LogP contribution in [0.25, 0.3) is 0 Å². The summed E-state index contributed by atoms with van der Waals surface area (Å²) in [6.07, 6.45) is 7.06. The van der Waals surface area contributed by atoms with Gasteiger partial charge in [-0.05, 0) is 19.8 Å². The van der Waals surface area contributed by atoms with E-state index in [4.69, 9.17) is 9.57 Å². The highest BCUT2D eigenvalue weighted by molar-refractivity contribution is 5.74. The summed E-state index contributed by atoms with van der Waals surface area (Å²) < 4.78 is 4.88. The molecule has 2 fully saturated rings. The lowest BCUT2D eigenvalue weighted by Gasteiger charge is -2.28. The van der Waals surface area contributed by atoms with E-state index in [0.717, 1.165) is 19.4 Å². The van der Waals surface area contributed by atoms with Crippen LogP contribution in [-0.4, -0.2) is 36.8 Å². The predicted octanol–water partition coefficient (Wildman–Crippen LogP) is 1.52. The van der Waals surface area contributed by atoms with Gasteiger partial charge in [0.1, 0.15) is 12.0 Å². The molecule has 0 unspecified atom stereocenters. The number of ether oxygens (including phenoxy) is 1. The first-order valence-corrected chi connectivity index (χ1v) is 5.92. The summed E-state index contributed by atoms with van der Waals surface area (Å²) in [5.41, 5.74) is 0. The number of hydrogen-bond acceptors (Lipinski definition) is 4. The number of rotatable bonds is 2. The first-order valence-electron chi connectivity index (χ1n) is 5.92. The number of hydrogen-bond donors (Lipinski definition) is 0. The SMILES string of the molecule is C/C=C/[C@H]1ON2CCCC[C@@H]2[C@@H]1C(=O)OC. The average molecular weight is 225 g/mol. The molecule has 0 aromatic heterocycles. The Morgan fingerprint density at radius 1 is 1.50 bits per heavy atom. The molecule has 90 valence electrons. The minimum absolute atomic E-state index is 0.152. The van der Waals surface area contributed by atoms with Crippen LogP contribution in [0.1, 0.15) is 26.2 Å². The van der Waals surface area contributed by atoms with Crippen molar-refractivity contribution in [2.75, 3.05) is 13.7 Å². The third kappa shape index (κ3) is 1.99. The third-order valence-electron chi connectivity index (χ3n) is 3.38. The zero-order valence-corrected chi connectivity index (χ0v) is 9.89. The Bertz CT molecular complexity index is 290. The van der Waals surface area contributed by atoms with Gasteiger partial charge in [-0.1, -0.05) is 18.6 Å². The van der Waals surface area contributed by atoms with Crippen LogP contribution in [-0.2, 0) is 14.4 Å². The summed E-state index contributed by atoms with van der Waals surface area (Å²) in [6.45, 7) is 2.86. The molecular weight excluding hydrogens is 206 g/mol. The number of piperidine rings is 1. The Kier molecular flexibility index (Phi) is 3.61. The second-order valence-corrected chi connectivity index (χ2v) is 4.35. The number of fused-ring (bicyclic) bond motifs is 1. The number of methoxy groups -OCH3 is 1. The number of carbonyl (C=O) groups excluding carboxylic acids is 1. The summed E-state index contributed by atoms with van der Waals surface area (Å²) in [7, 11) is 1.44. The minimum atomic E-state index is -0.165. The van der Waals surface area contributed by atoms with Gasteiger partial charge in [0.15, 0.2) is 0 Å². The molecule has 16 heavy (non-hydrogen) atoms. The first kappa shape index (κ1) is 11.6. The monoisotopic (exact) mass is 225 g/mol. The first-order chi connectivity index (χ1) is 7.77. The van der Waals surface area contributed by atoms with Gasteiger partial charge >= 0.3 is 5.97 Å². The fourth-order valence-corrected chi connectivity index (χ4v) is 2.63. The molecule has 0 bridgehead atoms. The Balaban J connectivity index is 2.17. The number of hydroxylamine groups is 2. The van der Waals surface area contributed by atoms with Gasteiger partial charge in [-0.25, -0.2) is 0 Å². The van der Waals surface area contributed by atoms with E-state index in [2.05, 4.69) is 0 Å². The van der Waals surface area contributed by atoms with Crippen molar-refractivity contribution in [3.63, 3.8) is 0 Å². The predicted molar refractivity (Wildman–Crippen MR) is 59.5 cm³/mol. The lowest BCUT2D eigenvalue weighted by atomic mass is 9.89. The van der Waals surface area contributed by atoms with E-state index < -0.39 is 0 Å². The van der Waals surface area contributed by atoms with Gasteiger partial charge in [-0.2, -0.15) is 5.06 Å². The Morgan fingerprint density at radius 3 is 3.00 bits per heavy atom. The summed E-state index contributed by atoms with van der Waals surface area (Å²) in [6, 6.07) is 0.197. The fraction of sp³-hybridized carbons (Fsp3) is 0.750. The number of esters is 1. The standard InChI is InChI=1S/C12H19NO3/c1-3-6-10-11(12(14)15-2)9-7-4-5-8-13(9)16-10/h3,6,9-11H,4-5,7-8H2,1-2H3/b6-3+/t9-,10-,11+/m1/s1. The molecule has 3 atom stereocenters. The Morgan fingerprint density at radius 2 is 2.31 bits per heavy atom. The normalized spacial score (nSPS) is 35.2. The third-order valence-corrected chi connectivity index (χ3v) is 3.38. The molecule has 4 nitrogen and oxygen atoms in total. The lowest BCUT2D eigenvalue weighted by Crippen LogP contribution is -2.39. The Hall–Kier alpha value is -0.870. The minimum Gasteiger partial charge on any atom is -0.469 e. The van der Waals surface area contributed by atoms with Gasteiger partial charge in [0.25, 0.3) is 0 Å². The molecule has 0 radical (unpaired) electrons. The molecule has 2 heterocycles. The molecular formula is C12H19NO3. The number of nitrogens with zero attached hydrogens (tertiary/aromatic N) is 1. The van der Waals surface area contributed by atoms with E-state index in [1.54, 1.807) is 0 Å². The molecule has 0 N–H and O–H groups in total. The average Bonchev–Trinajstić information content (AvgIpc) is 2.66. The van der Waals surface area contributed by atoms with Crippen LogP contribution in [0, 0.1) is 5.92 Å². The van der Waals surface area contributed by atoms with Crippen molar-refractivity contribution < 1.29 is 14.4 Å². The van der Waals surface area contributed by atoms with Gasteiger partial charge in [0.05, 0.1) is 13.2 Å². The highest BCUT2D eigenvalue weighted by atomic mass is 16.7. The van der Waals surface area contributed by atoms with Crippen LogP contribution in [0.5, 0.6) is 0 Å². The zero-order valence-electron chi connectivity index (χ0n) is 9.89. The highest BCUT2D eigenvalue weighted by Gasteiger charge is 2.47. The van der Waals surface area contributed by atoms with Crippen molar-refractivity contribution in [1.82, 2.24) is 5.06 Å². The molecule has 0 aromatic carbocycles. The van der Waals surface area contributed by atoms with Gasteiger partial charge in [-0.15, -0.1) is 0 Å². The molecule has 2 saturated heterocycles. The second-order valence-electron chi connectivity index (χ2n) is 4.35. The van der Waals surface area contributed by atoms with Gasteiger partial charge in [-0.3, -0.25) is 9.63 Å². The molecule has 0 spiro atoms. The van der Waals surface area contributed by atoms with Gasteiger partial charge < -0.3 is 4.74 Å². The molecule has 2 rings (SSSR count). The van der Waals surface area contributed by atoms with Gasteiger partial charge in [0, 0.05) is 6.54 Å². The van der Waals surface area contributed by atoms with Gasteiger partial charge in [0.2, 0.25) is 0 Å². The fourth-order valence-electron chi connectivity index (χ4n) is 2.63. The van der Waals surface area contributed by atoms with E-state index in [1.165, 1.54) is 13.5 Å². The zero-order chi connectivity index (χ0) is 11.5. The molecule has 0 saturated carbocycles. The van der Waals surface area contributed by atoms with Crippen molar-refractivity contribution in [3.05, 3.63) is 12.2 Å². The maximum absolute atomic E-state index is 11.8. The maximum Gasteiger partial charge on any atom is 0.313 e. The van der Waals surface area contributed by atoms with E-state index in [9.17, 15) is 4.79 Å². The number of carbonyl (C=O) groups is 1. The van der Waals surface area contributed by atoms with E-state index in [-0.39, 0.29) is 24.0 Å². The van der Waals surface area contributed by atoms with Crippen LogP contribution >= 0.6 is 0 Å². The maximum atomic E-state index is 11.8. The van der Waals surface area contributed by atoms with E-state index in [1.807, 2.05) is 24.1 Å². The molecule has 0 aromatic rings. The van der Waals surface area contributed by atoms with E-state index >= 15 is 0 Å². The molecule has 0 amide bonds. The van der Waals surface area contributed by atoms with Crippen LogP contribution in [0.3, 0.4) is 0 Å². The van der Waals surface area contributed by atoms with Crippen LogP contribution in [0.4, 0.5) is 0 Å². The van der Waals surface area contributed by atoms with Crippen molar-refractivity contribution >= 4 is 5.97 Å². The summed E-state index contributed by atoms with van der Waals surface area (Å²) in [5.74, 6) is -0.320. The van der Waals surface area contributed by atoms with Crippen LogP contribution < -0.4 is 0 Å². The van der Waals surface area contributed by atoms with Crippen molar-refractivity contribution in [2.45, 2.75) is 38.3 Å². The topological polar surface area (TPSA) is 38.8 Å². The smallest absolute Gasteiger partial charge is 0.313 e. The molecule has 2 aliphatic heterocycles. The quantitative estimate of drug-likeness (QED) is 0.527.